The molecular formula is C16H15N5O2. The first-order valence-electron chi connectivity index (χ1n) is 6.99. The van der Waals surface area contributed by atoms with Crippen LogP contribution in [0.25, 0.3) is 5.82 Å². The van der Waals surface area contributed by atoms with Gasteiger partial charge >= 0.3 is 0 Å². The van der Waals surface area contributed by atoms with E-state index in [-0.39, 0.29) is 11.1 Å². The average molecular weight is 309 g/mol. The van der Waals surface area contributed by atoms with Gasteiger partial charge in [0.15, 0.2) is 0 Å². The van der Waals surface area contributed by atoms with E-state index in [0.29, 0.717) is 11.5 Å². The van der Waals surface area contributed by atoms with Crippen molar-refractivity contribution in [3.63, 3.8) is 0 Å². The molecule has 3 aromatic rings. The zero-order valence-electron chi connectivity index (χ0n) is 12.7. The molecule has 0 saturated heterocycles. The number of hydrogen-bond acceptors (Lipinski definition) is 4. The highest BCUT2D eigenvalue weighted by atomic mass is 16.2. The predicted molar refractivity (Wildman–Crippen MR) is 85.7 cm³/mol. The van der Waals surface area contributed by atoms with Crippen molar-refractivity contribution in [3.8, 4) is 5.82 Å². The Morgan fingerprint density at radius 2 is 2.00 bits per heavy atom. The molecule has 0 aliphatic carbocycles. The number of carbonyl (C=O) groups excluding carboxylic acids is 1. The molecule has 0 aromatic carbocycles. The standard InChI is InChI=1S/C16H15N5O2/c1-11-17-7-9-21(11)14-6-5-12(10-18-14)19-15(22)13-4-3-8-20(2)16(13)23/h3-10H,1-2H3,(H,19,22). The minimum atomic E-state index is -0.459. The van der Waals surface area contributed by atoms with Gasteiger partial charge in [0.25, 0.3) is 11.5 Å². The van der Waals surface area contributed by atoms with E-state index >= 15 is 0 Å². The van der Waals surface area contributed by atoms with Crippen molar-refractivity contribution in [1.29, 1.82) is 0 Å². The molecule has 0 aliphatic rings. The van der Waals surface area contributed by atoms with Gasteiger partial charge in [0.05, 0.1) is 11.9 Å². The van der Waals surface area contributed by atoms with E-state index in [0.717, 1.165) is 5.82 Å². The molecule has 0 radical (unpaired) electrons. The molecule has 0 spiro atoms. The second-order valence-electron chi connectivity index (χ2n) is 5.04. The fraction of sp³-hybridized carbons (Fsp3) is 0.125. The summed E-state index contributed by atoms with van der Waals surface area (Å²) in [6.45, 7) is 1.88. The van der Waals surface area contributed by atoms with Gasteiger partial charge in [-0.05, 0) is 31.2 Å². The number of nitrogens with one attached hydrogen (secondary N) is 1. The van der Waals surface area contributed by atoms with Crippen LogP contribution in [0.3, 0.4) is 0 Å². The maximum absolute atomic E-state index is 12.2. The predicted octanol–water partition coefficient (Wildman–Crippen LogP) is 1.53. The van der Waals surface area contributed by atoms with E-state index in [1.807, 2.05) is 17.7 Å². The molecule has 3 heterocycles. The first kappa shape index (κ1) is 14.7. The van der Waals surface area contributed by atoms with Gasteiger partial charge in [-0.25, -0.2) is 9.97 Å². The summed E-state index contributed by atoms with van der Waals surface area (Å²) in [7, 11) is 1.60. The lowest BCUT2D eigenvalue weighted by Crippen LogP contribution is -2.27. The summed E-state index contributed by atoms with van der Waals surface area (Å²) in [4.78, 5) is 32.5. The minimum absolute atomic E-state index is 0.0875. The number of nitrogens with zero attached hydrogens (tertiary/aromatic N) is 4. The number of anilines is 1. The Kier molecular flexibility index (Phi) is 3.76. The molecule has 7 heteroatoms. The van der Waals surface area contributed by atoms with E-state index < -0.39 is 5.91 Å². The molecule has 116 valence electrons. The van der Waals surface area contributed by atoms with Gasteiger partial charge < -0.3 is 9.88 Å². The van der Waals surface area contributed by atoms with E-state index in [2.05, 4.69) is 15.3 Å². The Morgan fingerprint density at radius 3 is 2.65 bits per heavy atom. The van der Waals surface area contributed by atoms with E-state index in [4.69, 9.17) is 0 Å². The number of pyridine rings is 2. The SMILES string of the molecule is Cc1nccn1-c1ccc(NC(=O)c2cccn(C)c2=O)cn1. The third-order valence-corrected chi connectivity index (χ3v) is 3.45. The zero-order chi connectivity index (χ0) is 16.4. The van der Waals surface area contributed by atoms with E-state index in [9.17, 15) is 9.59 Å². The summed E-state index contributed by atoms with van der Waals surface area (Å²) in [5, 5.41) is 2.67. The first-order valence-corrected chi connectivity index (χ1v) is 6.99. The summed E-state index contributed by atoms with van der Waals surface area (Å²) in [6.07, 6.45) is 6.64. The van der Waals surface area contributed by atoms with Gasteiger partial charge in [-0.15, -0.1) is 0 Å². The summed E-state index contributed by atoms with van der Waals surface area (Å²) < 4.78 is 3.19. The van der Waals surface area contributed by atoms with Crippen LogP contribution in [0.4, 0.5) is 5.69 Å². The van der Waals surface area contributed by atoms with E-state index in [1.54, 1.807) is 43.8 Å². The van der Waals surface area contributed by atoms with Crippen molar-refractivity contribution in [2.24, 2.45) is 7.05 Å². The van der Waals surface area contributed by atoms with Crippen LogP contribution < -0.4 is 10.9 Å². The highest BCUT2D eigenvalue weighted by Crippen LogP contribution is 2.12. The highest BCUT2D eigenvalue weighted by Gasteiger charge is 2.11. The molecule has 3 rings (SSSR count). The van der Waals surface area contributed by atoms with Gasteiger partial charge in [-0.3, -0.25) is 14.2 Å². The Morgan fingerprint density at radius 1 is 1.17 bits per heavy atom. The summed E-state index contributed by atoms with van der Waals surface area (Å²) >= 11 is 0. The lowest BCUT2D eigenvalue weighted by atomic mass is 10.2. The van der Waals surface area contributed by atoms with Gasteiger partial charge in [0, 0.05) is 25.6 Å². The second-order valence-corrected chi connectivity index (χ2v) is 5.04. The lowest BCUT2D eigenvalue weighted by Gasteiger charge is -2.07. The largest absolute Gasteiger partial charge is 0.320 e. The molecule has 7 nitrogen and oxygen atoms in total. The Labute approximate surface area is 132 Å². The monoisotopic (exact) mass is 309 g/mol. The van der Waals surface area contributed by atoms with Gasteiger partial charge in [-0.2, -0.15) is 0 Å². The number of carbonyl (C=O) groups is 1. The molecule has 0 saturated carbocycles. The molecule has 1 amide bonds. The van der Waals surface area contributed by atoms with E-state index in [1.165, 1.54) is 10.6 Å². The van der Waals surface area contributed by atoms with Crippen molar-refractivity contribution >= 4 is 11.6 Å². The number of hydrogen-bond donors (Lipinski definition) is 1. The first-order chi connectivity index (χ1) is 11.1. The molecule has 0 aliphatic heterocycles. The topological polar surface area (TPSA) is 81.8 Å². The molecule has 1 N–H and O–H groups in total. The van der Waals surface area contributed by atoms with Crippen molar-refractivity contribution in [2.75, 3.05) is 5.32 Å². The summed E-state index contributed by atoms with van der Waals surface area (Å²) in [5.74, 6) is 1.07. The molecule has 23 heavy (non-hydrogen) atoms. The van der Waals surface area contributed by atoms with Crippen LogP contribution in [0.15, 0.2) is 53.8 Å². The number of amides is 1. The third-order valence-electron chi connectivity index (χ3n) is 3.45. The van der Waals surface area contributed by atoms with Crippen molar-refractivity contribution < 1.29 is 4.79 Å². The smallest absolute Gasteiger partial charge is 0.263 e. The molecular weight excluding hydrogens is 294 g/mol. The van der Waals surface area contributed by atoms with Gasteiger partial charge in [0.1, 0.15) is 17.2 Å². The Balaban J connectivity index is 1.81. The molecule has 0 atom stereocenters. The minimum Gasteiger partial charge on any atom is -0.320 e. The number of aromatic nitrogens is 4. The third kappa shape index (κ3) is 2.89. The van der Waals surface area contributed by atoms with Crippen LogP contribution in [0.2, 0.25) is 0 Å². The molecule has 3 aromatic heterocycles. The Hall–Kier alpha value is -3.22. The van der Waals surface area contributed by atoms with Crippen LogP contribution in [0.1, 0.15) is 16.2 Å². The molecule has 0 bridgehead atoms. The van der Waals surface area contributed by atoms with Crippen LogP contribution >= 0.6 is 0 Å². The fourth-order valence-corrected chi connectivity index (χ4v) is 2.19. The number of rotatable bonds is 3. The van der Waals surface area contributed by atoms with Crippen LogP contribution in [0.5, 0.6) is 0 Å². The summed E-state index contributed by atoms with van der Waals surface area (Å²) in [6, 6.07) is 6.65. The number of aryl methyl sites for hydroxylation is 2. The maximum atomic E-state index is 12.2. The zero-order valence-corrected chi connectivity index (χ0v) is 12.7. The fourth-order valence-electron chi connectivity index (χ4n) is 2.19. The van der Waals surface area contributed by atoms with Crippen molar-refractivity contribution in [3.05, 3.63) is 70.8 Å². The highest BCUT2D eigenvalue weighted by molar-refractivity contribution is 6.03. The second kappa shape index (κ2) is 5.88. The van der Waals surface area contributed by atoms with Gasteiger partial charge in [0.2, 0.25) is 0 Å². The average Bonchev–Trinajstić information content (AvgIpc) is 2.97. The number of imidazole rings is 1. The van der Waals surface area contributed by atoms with Crippen molar-refractivity contribution in [2.45, 2.75) is 6.92 Å². The van der Waals surface area contributed by atoms with Crippen LogP contribution in [0, 0.1) is 6.92 Å². The normalized spacial score (nSPS) is 10.5. The maximum Gasteiger partial charge on any atom is 0.263 e. The van der Waals surface area contributed by atoms with Crippen LogP contribution in [-0.2, 0) is 7.05 Å². The van der Waals surface area contributed by atoms with Gasteiger partial charge in [-0.1, -0.05) is 0 Å². The Bertz CT molecular complexity index is 909. The molecule has 0 fully saturated rings. The lowest BCUT2D eigenvalue weighted by molar-refractivity contribution is 0.102. The van der Waals surface area contributed by atoms with Crippen molar-refractivity contribution in [1.82, 2.24) is 19.1 Å². The van der Waals surface area contributed by atoms with Crippen LogP contribution in [-0.4, -0.2) is 25.0 Å². The quantitative estimate of drug-likeness (QED) is 0.795. The molecule has 0 unspecified atom stereocenters. The summed E-state index contributed by atoms with van der Waals surface area (Å²) in [5.41, 5.74) is 0.260.